The van der Waals surface area contributed by atoms with Gasteiger partial charge in [0.1, 0.15) is 5.71 Å². The van der Waals surface area contributed by atoms with E-state index in [1.54, 1.807) is 6.07 Å². The molecule has 0 fully saturated rings. The number of benzene rings is 1. The number of halogens is 1. The second kappa shape index (κ2) is 7.79. The van der Waals surface area contributed by atoms with Crippen LogP contribution in [0.4, 0.5) is 0 Å². The van der Waals surface area contributed by atoms with Crippen molar-refractivity contribution in [2.75, 3.05) is 6.54 Å². The van der Waals surface area contributed by atoms with Gasteiger partial charge in [-0.3, -0.25) is 4.79 Å². The van der Waals surface area contributed by atoms with Crippen LogP contribution in [-0.2, 0) is 9.63 Å². The minimum absolute atomic E-state index is 0.225. The summed E-state index contributed by atoms with van der Waals surface area (Å²) in [6.45, 7) is 0.370. The second-order valence-electron chi connectivity index (χ2n) is 5.45. The molecule has 0 saturated heterocycles. The molecular formula is C17H17ClN2O3S. The molecule has 24 heavy (non-hydrogen) atoms. The lowest BCUT2D eigenvalue weighted by Crippen LogP contribution is -2.35. The molecule has 2 unspecified atom stereocenters. The van der Waals surface area contributed by atoms with E-state index in [4.69, 9.17) is 16.4 Å². The van der Waals surface area contributed by atoms with Gasteiger partial charge < -0.3 is 15.3 Å². The molecule has 0 spiro atoms. The zero-order chi connectivity index (χ0) is 16.9. The third-order valence-electron chi connectivity index (χ3n) is 3.72. The van der Waals surface area contributed by atoms with Crippen LogP contribution in [0.3, 0.4) is 0 Å². The number of nitrogens with zero attached hydrogens (tertiary/aromatic N) is 1. The minimum atomic E-state index is -0.630. The van der Waals surface area contributed by atoms with Crippen LogP contribution in [0.2, 0.25) is 4.34 Å². The zero-order valence-corrected chi connectivity index (χ0v) is 14.4. The number of hydrogen-bond donors (Lipinski definition) is 2. The van der Waals surface area contributed by atoms with Crippen molar-refractivity contribution in [3.8, 4) is 0 Å². The standard InChI is InChI=1S/C17H17ClN2O3S/c18-16-7-6-15(24-16)12-10-14(23-20-12)17(22)19-9-8-13(21)11-4-2-1-3-5-11/h1-7,13-14,21H,8-10H2,(H,19,22). The molecule has 7 heteroatoms. The van der Waals surface area contributed by atoms with E-state index in [1.165, 1.54) is 11.3 Å². The molecule has 2 aromatic rings. The average Bonchev–Trinajstić information content (AvgIpc) is 3.24. The van der Waals surface area contributed by atoms with Gasteiger partial charge in [0.25, 0.3) is 5.91 Å². The SMILES string of the molecule is O=C(NCCC(O)c1ccccc1)C1CC(c2ccc(Cl)s2)=NO1. The quantitative estimate of drug-likeness (QED) is 0.827. The topological polar surface area (TPSA) is 70.9 Å². The molecule has 2 atom stereocenters. The highest BCUT2D eigenvalue weighted by atomic mass is 35.5. The molecule has 0 bridgehead atoms. The molecule has 2 heterocycles. The minimum Gasteiger partial charge on any atom is -0.388 e. The summed E-state index contributed by atoms with van der Waals surface area (Å²) in [5, 5.41) is 16.8. The van der Waals surface area contributed by atoms with Crippen LogP contribution < -0.4 is 5.32 Å². The molecule has 5 nitrogen and oxygen atoms in total. The van der Waals surface area contributed by atoms with Gasteiger partial charge in [0.15, 0.2) is 0 Å². The van der Waals surface area contributed by atoms with Gasteiger partial charge >= 0.3 is 0 Å². The first-order valence-electron chi connectivity index (χ1n) is 7.62. The Kier molecular flexibility index (Phi) is 5.50. The third-order valence-corrected chi connectivity index (χ3v) is 5.00. The molecule has 2 N–H and O–H groups in total. The Balaban J connectivity index is 1.43. The van der Waals surface area contributed by atoms with Crippen molar-refractivity contribution in [2.24, 2.45) is 5.16 Å². The number of nitrogens with one attached hydrogen (secondary N) is 1. The fraction of sp³-hybridized carbons (Fsp3) is 0.294. The summed E-state index contributed by atoms with van der Waals surface area (Å²) in [7, 11) is 0. The highest BCUT2D eigenvalue weighted by Gasteiger charge is 2.29. The molecule has 126 valence electrons. The van der Waals surface area contributed by atoms with Gasteiger partial charge in [-0.15, -0.1) is 11.3 Å². The van der Waals surface area contributed by atoms with Crippen LogP contribution in [0.5, 0.6) is 0 Å². The van der Waals surface area contributed by atoms with Crippen molar-refractivity contribution in [1.82, 2.24) is 5.32 Å². The highest BCUT2D eigenvalue weighted by Crippen LogP contribution is 2.26. The molecule has 1 aromatic heterocycles. The normalized spacial score (nSPS) is 17.9. The van der Waals surface area contributed by atoms with Crippen molar-refractivity contribution in [3.63, 3.8) is 0 Å². The summed E-state index contributed by atoms with van der Waals surface area (Å²) >= 11 is 7.31. The summed E-state index contributed by atoms with van der Waals surface area (Å²) in [5.74, 6) is -0.225. The maximum Gasteiger partial charge on any atom is 0.264 e. The molecule has 3 rings (SSSR count). The maximum atomic E-state index is 12.1. The van der Waals surface area contributed by atoms with Crippen molar-refractivity contribution in [2.45, 2.75) is 25.0 Å². The van der Waals surface area contributed by atoms with Gasteiger partial charge in [-0.25, -0.2) is 0 Å². The van der Waals surface area contributed by atoms with Gasteiger partial charge in [-0.2, -0.15) is 0 Å². The number of aliphatic hydroxyl groups excluding tert-OH is 1. The van der Waals surface area contributed by atoms with E-state index in [1.807, 2.05) is 36.4 Å². The maximum absolute atomic E-state index is 12.1. The molecule has 1 aliphatic heterocycles. The number of hydrogen-bond acceptors (Lipinski definition) is 5. The van der Waals surface area contributed by atoms with Gasteiger partial charge in [-0.05, 0) is 24.1 Å². The Hall–Kier alpha value is -1.89. The van der Waals surface area contributed by atoms with E-state index in [2.05, 4.69) is 10.5 Å². The first-order valence-corrected chi connectivity index (χ1v) is 8.82. The molecule has 0 radical (unpaired) electrons. The number of thiophene rings is 1. The van der Waals surface area contributed by atoms with Crippen LogP contribution in [0.15, 0.2) is 47.6 Å². The monoisotopic (exact) mass is 364 g/mol. The molecular weight excluding hydrogens is 348 g/mol. The van der Waals surface area contributed by atoms with Gasteiger partial charge in [0.05, 0.1) is 15.3 Å². The molecule has 1 amide bonds. The van der Waals surface area contributed by atoms with E-state index < -0.39 is 12.2 Å². The van der Waals surface area contributed by atoms with Crippen LogP contribution in [0.25, 0.3) is 0 Å². The fourth-order valence-electron chi connectivity index (χ4n) is 2.42. The van der Waals surface area contributed by atoms with Gasteiger partial charge in [0.2, 0.25) is 6.10 Å². The molecule has 1 aliphatic rings. The van der Waals surface area contributed by atoms with Gasteiger partial charge in [0, 0.05) is 13.0 Å². The molecule has 0 aliphatic carbocycles. The number of carbonyl (C=O) groups excluding carboxylic acids is 1. The predicted molar refractivity (Wildman–Crippen MR) is 94.4 cm³/mol. The number of aliphatic hydroxyl groups is 1. The van der Waals surface area contributed by atoms with E-state index in [0.29, 0.717) is 23.7 Å². The Morgan fingerprint density at radius 1 is 1.38 bits per heavy atom. The predicted octanol–water partition coefficient (Wildman–Crippen LogP) is 3.13. The second-order valence-corrected chi connectivity index (χ2v) is 7.16. The zero-order valence-electron chi connectivity index (χ0n) is 12.8. The first-order chi connectivity index (χ1) is 11.6. The van der Waals surface area contributed by atoms with E-state index in [9.17, 15) is 9.90 Å². The van der Waals surface area contributed by atoms with Crippen molar-refractivity contribution in [3.05, 3.63) is 57.2 Å². The average molecular weight is 365 g/mol. The smallest absolute Gasteiger partial charge is 0.264 e. The van der Waals surface area contributed by atoms with Crippen molar-refractivity contribution < 1.29 is 14.7 Å². The first kappa shape index (κ1) is 17.0. The Bertz CT molecular complexity index is 732. The number of rotatable bonds is 6. The van der Waals surface area contributed by atoms with Crippen LogP contribution >= 0.6 is 22.9 Å². The third kappa shape index (κ3) is 4.14. The van der Waals surface area contributed by atoms with Crippen molar-refractivity contribution in [1.29, 1.82) is 0 Å². The van der Waals surface area contributed by atoms with E-state index >= 15 is 0 Å². The highest BCUT2D eigenvalue weighted by molar-refractivity contribution is 7.18. The summed E-state index contributed by atoms with van der Waals surface area (Å²) in [4.78, 5) is 18.3. The Morgan fingerprint density at radius 2 is 2.17 bits per heavy atom. The number of amides is 1. The lowest BCUT2D eigenvalue weighted by Gasteiger charge is -2.13. The number of oxime groups is 1. The summed E-state index contributed by atoms with van der Waals surface area (Å²) < 4.78 is 0.676. The van der Waals surface area contributed by atoms with Crippen molar-refractivity contribution >= 4 is 34.6 Å². The summed E-state index contributed by atoms with van der Waals surface area (Å²) in [5.41, 5.74) is 1.57. The number of carbonyl (C=O) groups is 1. The van der Waals surface area contributed by atoms with E-state index in [0.717, 1.165) is 16.2 Å². The fourth-order valence-corrected chi connectivity index (χ4v) is 3.45. The molecule has 0 saturated carbocycles. The lowest BCUT2D eigenvalue weighted by molar-refractivity contribution is -0.131. The largest absolute Gasteiger partial charge is 0.388 e. The summed E-state index contributed by atoms with van der Waals surface area (Å²) in [6.07, 6.45) is -0.369. The Labute approximate surface area is 148 Å². The van der Waals surface area contributed by atoms with Gasteiger partial charge in [-0.1, -0.05) is 47.1 Å². The van der Waals surface area contributed by atoms with E-state index in [-0.39, 0.29) is 5.91 Å². The van der Waals surface area contributed by atoms with Crippen LogP contribution in [0.1, 0.15) is 29.4 Å². The van der Waals surface area contributed by atoms with Crippen LogP contribution in [-0.4, -0.2) is 29.4 Å². The lowest BCUT2D eigenvalue weighted by atomic mass is 10.1. The Morgan fingerprint density at radius 3 is 2.88 bits per heavy atom. The van der Waals surface area contributed by atoms with Crippen LogP contribution in [0, 0.1) is 0 Å². The summed E-state index contributed by atoms with van der Waals surface area (Å²) in [6, 6.07) is 13.0. The molecule has 1 aromatic carbocycles.